The minimum atomic E-state index is -2.17. The van der Waals surface area contributed by atoms with E-state index in [9.17, 15) is 4.57 Å². The van der Waals surface area contributed by atoms with Crippen LogP contribution < -0.4 is 11.0 Å². The van der Waals surface area contributed by atoms with Crippen LogP contribution >= 0.6 is 8.25 Å². The van der Waals surface area contributed by atoms with Gasteiger partial charge in [0, 0.05) is 13.1 Å². The van der Waals surface area contributed by atoms with E-state index in [1.807, 2.05) is 0 Å². The predicted octanol–water partition coefficient (Wildman–Crippen LogP) is 1.06. The van der Waals surface area contributed by atoms with Crippen molar-refractivity contribution < 1.29 is 13.8 Å². The van der Waals surface area contributed by atoms with Crippen LogP contribution in [0, 0.1) is 0 Å². The summed E-state index contributed by atoms with van der Waals surface area (Å²) in [5, 5.41) is 0. The van der Waals surface area contributed by atoms with Crippen LogP contribution in [0.2, 0.25) is 0 Å². The molecule has 0 amide bonds. The summed E-state index contributed by atoms with van der Waals surface area (Å²) in [6.07, 6.45) is 3.14. The van der Waals surface area contributed by atoms with E-state index < -0.39 is 8.25 Å². The average molecular weight is 191 g/mol. The van der Waals surface area contributed by atoms with E-state index >= 15 is 0 Å². The monoisotopic (exact) mass is 191 g/mol. The SMILES string of the molecule is C=CCNO[P](=O)ONCC=C. The molecule has 0 fully saturated rings. The zero-order chi connectivity index (χ0) is 9.23. The second-order valence-corrected chi connectivity index (χ2v) is 2.49. The molecular formula is C6H12N2O3P. The molecule has 0 aromatic heterocycles. The summed E-state index contributed by atoms with van der Waals surface area (Å²) < 4.78 is 19.7. The third-order valence-electron chi connectivity index (χ3n) is 0.734. The topological polar surface area (TPSA) is 59.6 Å². The van der Waals surface area contributed by atoms with Crippen molar-refractivity contribution in [2.45, 2.75) is 0 Å². The molecule has 0 bridgehead atoms. The van der Waals surface area contributed by atoms with Gasteiger partial charge in [-0.1, -0.05) is 12.2 Å². The Bertz CT molecular complexity index is 147. The standard InChI is InChI=1S/C6H12N2O3P/c1-3-5-7-10-12(9)11-8-6-4-2/h3-4,7-8H,1-2,5-6H2. The molecular weight excluding hydrogens is 179 g/mol. The zero-order valence-electron chi connectivity index (χ0n) is 6.66. The molecule has 6 heteroatoms. The highest BCUT2D eigenvalue weighted by atomic mass is 31.1. The molecule has 0 aliphatic rings. The molecule has 0 aromatic carbocycles. The van der Waals surface area contributed by atoms with Crippen molar-refractivity contribution in [1.82, 2.24) is 11.0 Å². The highest BCUT2D eigenvalue weighted by Gasteiger charge is 1.99. The Morgan fingerprint density at radius 2 is 1.58 bits per heavy atom. The van der Waals surface area contributed by atoms with Crippen LogP contribution in [0.1, 0.15) is 0 Å². The van der Waals surface area contributed by atoms with Gasteiger partial charge in [0.25, 0.3) is 0 Å². The fourth-order valence-electron chi connectivity index (χ4n) is 0.316. The van der Waals surface area contributed by atoms with Crippen molar-refractivity contribution in [3.8, 4) is 0 Å². The van der Waals surface area contributed by atoms with E-state index in [-0.39, 0.29) is 0 Å². The molecule has 0 unspecified atom stereocenters. The summed E-state index contributed by atoms with van der Waals surface area (Å²) in [6.45, 7) is 7.67. The normalized spacial score (nSPS) is 9.33. The third-order valence-corrected chi connectivity index (χ3v) is 1.29. The summed E-state index contributed by atoms with van der Waals surface area (Å²) in [4.78, 5) is 0. The van der Waals surface area contributed by atoms with Gasteiger partial charge in [-0.3, -0.25) is 0 Å². The summed E-state index contributed by atoms with van der Waals surface area (Å²) >= 11 is 0. The maximum absolute atomic E-state index is 10.7. The quantitative estimate of drug-likeness (QED) is 0.260. The highest BCUT2D eigenvalue weighted by Crippen LogP contribution is 2.18. The second-order valence-electron chi connectivity index (χ2n) is 1.68. The Labute approximate surface area is 72.3 Å². The first-order valence-electron chi connectivity index (χ1n) is 3.30. The van der Waals surface area contributed by atoms with Crippen LogP contribution in [-0.4, -0.2) is 13.1 Å². The molecule has 0 heterocycles. The van der Waals surface area contributed by atoms with Gasteiger partial charge < -0.3 is 0 Å². The largest absolute Gasteiger partial charge is 0.404 e. The lowest BCUT2D eigenvalue weighted by atomic mass is 10.7. The number of rotatable bonds is 8. The van der Waals surface area contributed by atoms with Crippen LogP contribution in [-0.2, 0) is 13.8 Å². The molecule has 0 aliphatic carbocycles. The molecule has 0 aromatic rings. The van der Waals surface area contributed by atoms with Crippen molar-refractivity contribution in [2.75, 3.05) is 13.1 Å². The number of hydrogen-bond acceptors (Lipinski definition) is 5. The van der Waals surface area contributed by atoms with Crippen molar-refractivity contribution >= 4 is 8.25 Å². The third kappa shape index (κ3) is 7.53. The van der Waals surface area contributed by atoms with Gasteiger partial charge in [-0.2, -0.15) is 20.2 Å². The highest BCUT2D eigenvalue weighted by molar-refractivity contribution is 7.33. The molecule has 2 N–H and O–H groups in total. The number of hydrogen-bond donors (Lipinski definition) is 2. The Balaban J connectivity index is 3.21. The summed E-state index contributed by atoms with van der Waals surface area (Å²) in [5.41, 5.74) is 4.74. The van der Waals surface area contributed by atoms with Crippen molar-refractivity contribution in [3.63, 3.8) is 0 Å². The molecule has 69 valence electrons. The minimum Gasteiger partial charge on any atom is -0.219 e. The molecule has 0 saturated carbocycles. The molecule has 0 aliphatic heterocycles. The van der Waals surface area contributed by atoms with Crippen LogP contribution in [0.3, 0.4) is 0 Å². The van der Waals surface area contributed by atoms with Gasteiger partial charge in [-0.15, -0.1) is 13.2 Å². The molecule has 0 saturated heterocycles. The van der Waals surface area contributed by atoms with E-state index in [1.165, 1.54) is 0 Å². The summed E-state index contributed by atoms with van der Waals surface area (Å²) in [7, 11) is -2.17. The van der Waals surface area contributed by atoms with Crippen molar-refractivity contribution in [2.24, 2.45) is 0 Å². The molecule has 0 rings (SSSR count). The van der Waals surface area contributed by atoms with Gasteiger partial charge in [-0.05, 0) is 0 Å². The van der Waals surface area contributed by atoms with Crippen LogP contribution in [0.25, 0.3) is 0 Å². The first-order valence-corrected chi connectivity index (χ1v) is 4.39. The first kappa shape index (κ1) is 11.4. The van der Waals surface area contributed by atoms with E-state index in [0.29, 0.717) is 13.1 Å². The Morgan fingerprint density at radius 1 is 1.17 bits per heavy atom. The molecule has 1 radical (unpaired) electrons. The lowest BCUT2D eigenvalue weighted by Crippen LogP contribution is -2.14. The fraction of sp³-hybridized carbons (Fsp3) is 0.333. The maximum Gasteiger partial charge on any atom is 0.404 e. The Morgan fingerprint density at radius 3 is 1.92 bits per heavy atom. The van der Waals surface area contributed by atoms with E-state index in [4.69, 9.17) is 0 Å². The number of nitrogens with one attached hydrogen (secondary N) is 2. The van der Waals surface area contributed by atoms with Crippen molar-refractivity contribution in [3.05, 3.63) is 25.3 Å². The smallest absolute Gasteiger partial charge is 0.219 e. The fourth-order valence-corrected chi connectivity index (χ4v) is 0.714. The molecule has 0 spiro atoms. The van der Waals surface area contributed by atoms with Crippen LogP contribution in [0.5, 0.6) is 0 Å². The lowest BCUT2D eigenvalue weighted by molar-refractivity contribution is 0.128. The van der Waals surface area contributed by atoms with Crippen LogP contribution in [0.15, 0.2) is 25.3 Å². The average Bonchev–Trinajstić information content (AvgIpc) is 2.06. The second kappa shape index (κ2) is 8.52. The molecule has 12 heavy (non-hydrogen) atoms. The van der Waals surface area contributed by atoms with Gasteiger partial charge in [0.05, 0.1) is 0 Å². The Hall–Kier alpha value is -0.580. The number of hydroxylamine groups is 2. The van der Waals surface area contributed by atoms with Gasteiger partial charge in [0.2, 0.25) is 0 Å². The summed E-state index contributed by atoms with van der Waals surface area (Å²) in [5.74, 6) is 0. The Kier molecular flexibility index (Phi) is 8.10. The van der Waals surface area contributed by atoms with E-state index in [2.05, 4.69) is 33.4 Å². The van der Waals surface area contributed by atoms with Gasteiger partial charge in [0.15, 0.2) is 0 Å². The first-order chi connectivity index (χ1) is 5.81. The summed E-state index contributed by atoms with van der Waals surface area (Å²) in [6, 6.07) is 0. The zero-order valence-corrected chi connectivity index (χ0v) is 7.55. The lowest BCUT2D eigenvalue weighted by Gasteiger charge is -2.01. The van der Waals surface area contributed by atoms with Crippen LogP contribution in [0.4, 0.5) is 0 Å². The predicted molar refractivity (Wildman–Crippen MR) is 46.2 cm³/mol. The van der Waals surface area contributed by atoms with Crippen molar-refractivity contribution in [1.29, 1.82) is 0 Å². The molecule has 5 nitrogen and oxygen atoms in total. The van der Waals surface area contributed by atoms with E-state index in [1.54, 1.807) is 12.2 Å². The van der Waals surface area contributed by atoms with Gasteiger partial charge >= 0.3 is 8.25 Å². The van der Waals surface area contributed by atoms with E-state index in [0.717, 1.165) is 0 Å². The minimum absolute atomic E-state index is 0.409. The van der Waals surface area contributed by atoms with Gasteiger partial charge in [0.1, 0.15) is 0 Å². The van der Waals surface area contributed by atoms with Gasteiger partial charge in [-0.25, -0.2) is 4.57 Å². The molecule has 0 atom stereocenters. The maximum atomic E-state index is 10.7.